The highest BCUT2D eigenvalue weighted by Gasteiger charge is 2.37. The van der Waals surface area contributed by atoms with Gasteiger partial charge in [0.15, 0.2) is 0 Å². The number of fused-ring (bicyclic) bond motifs is 2. The summed E-state index contributed by atoms with van der Waals surface area (Å²) in [5, 5.41) is 8.99. The number of nitrogens with one attached hydrogen (secondary N) is 1. The maximum atomic E-state index is 13.6. The van der Waals surface area contributed by atoms with Gasteiger partial charge in [-0.2, -0.15) is 0 Å². The molecule has 1 aliphatic heterocycles. The first-order chi connectivity index (χ1) is 15.8. The number of aromatic amines is 1. The molecule has 32 heavy (non-hydrogen) atoms. The van der Waals surface area contributed by atoms with Gasteiger partial charge < -0.3 is 18.7 Å². The maximum Gasteiger partial charge on any atom is 0.312 e. The Hall–Kier alpha value is -4.27. The van der Waals surface area contributed by atoms with E-state index in [1.807, 2.05) is 36.4 Å². The summed E-state index contributed by atoms with van der Waals surface area (Å²) < 4.78 is 11.9. The Morgan fingerprint density at radius 3 is 2.84 bits per heavy atom. The topological polar surface area (TPSA) is 114 Å². The molecule has 5 aromatic rings. The summed E-state index contributed by atoms with van der Waals surface area (Å²) in [7, 11) is 0. The van der Waals surface area contributed by atoms with E-state index >= 15 is 0 Å². The summed E-state index contributed by atoms with van der Waals surface area (Å²) in [6.07, 6.45) is 4.82. The number of hydrogen-bond acceptors (Lipinski definition) is 7. The SMILES string of the molecule is O=C(c1nnc(-c2ccccn2)o1)N1CCCc2[nH]cnc2[C@@H]1c1cc2ccccc2o1. The van der Waals surface area contributed by atoms with Gasteiger partial charge in [-0.25, -0.2) is 4.98 Å². The lowest BCUT2D eigenvalue weighted by Crippen LogP contribution is -2.36. The highest BCUT2D eigenvalue weighted by Crippen LogP contribution is 2.36. The van der Waals surface area contributed by atoms with E-state index in [4.69, 9.17) is 8.83 Å². The number of carbonyl (C=O) groups is 1. The molecule has 158 valence electrons. The maximum absolute atomic E-state index is 13.6. The van der Waals surface area contributed by atoms with Gasteiger partial charge in [0.05, 0.1) is 12.0 Å². The van der Waals surface area contributed by atoms with Gasteiger partial charge in [0.1, 0.15) is 23.1 Å². The van der Waals surface area contributed by atoms with Crippen LogP contribution in [0.3, 0.4) is 0 Å². The zero-order valence-corrected chi connectivity index (χ0v) is 16.9. The largest absolute Gasteiger partial charge is 0.458 e. The smallest absolute Gasteiger partial charge is 0.312 e. The number of aromatic nitrogens is 5. The van der Waals surface area contributed by atoms with E-state index in [-0.39, 0.29) is 17.7 Å². The van der Waals surface area contributed by atoms with Crippen LogP contribution in [0.15, 0.2) is 69.9 Å². The number of hydrogen-bond donors (Lipinski definition) is 1. The monoisotopic (exact) mass is 426 g/mol. The van der Waals surface area contributed by atoms with Crippen molar-refractivity contribution in [3.63, 3.8) is 0 Å². The molecule has 0 fully saturated rings. The number of H-pyrrole nitrogens is 1. The molecule has 0 radical (unpaired) electrons. The average molecular weight is 426 g/mol. The molecule has 0 saturated heterocycles. The van der Waals surface area contributed by atoms with Crippen LogP contribution in [0.4, 0.5) is 0 Å². The summed E-state index contributed by atoms with van der Waals surface area (Å²) in [5.41, 5.74) is 3.02. The first kappa shape index (κ1) is 18.5. The Balaban J connectivity index is 1.42. The van der Waals surface area contributed by atoms with Crippen LogP contribution < -0.4 is 0 Å². The third-order valence-electron chi connectivity index (χ3n) is 5.61. The van der Waals surface area contributed by atoms with E-state index < -0.39 is 6.04 Å². The molecule has 6 rings (SSSR count). The van der Waals surface area contributed by atoms with Crippen LogP contribution >= 0.6 is 0 Å². The fourth-order valence-corrected chi connectivity index (χ4v) is 4.14. The molecule has 1 amide bonds. The van der Waals surface area contributed by atoms with Gasteiger partial charge in [-0.15, -0.1) is 10.2 Å². The Morgan fingerprint density at radius 2 is 1.97 bits per heavy atom. The summed E-state index contributed by atoms with van der Waals surface area (Å²) in [6.45, 7) is 0.492. The minimum absolute atomic E-state index is 0.0919. The average Bonchev–Trinajstić information content (AvgIpc) is 3.57. The lowest BCUT2D eigenvalue weighted by atomic mass is 10.1. The fourth-order valence-electron chi connectivity index (χ4n) is 4.14. The van der Waals surface area contributed by atoms with E-state index in [2.05, 4.69) is 25.1 Å². The standard InChI is InChI=1S/C23H18N6O3/c30-23(22-28-27-21(32-22)16-7-3-4-10-24-16)29-11-5-8-15-19(26-13-25-15)20(29)18-12-14-6-1-2-9-17(14)31-18/h1-4,6-7,9-10,12-13,20H,5,8,11H2,(H,25,26)/t20-/m0/s1. The predicted octanol–water partition coefficient (Wildman–Crippen LogP) is 3.78. The van der Waals surface area contributed by atoms with E-state index in [1.165, 1.54) is 0 Å². The molecular formula is C23H18N6O3. The molecule has 1 N–H and O–H groups in total. The van der Waals surface area contributed by atoms with Crippen molar-refractivity contribution >= 4 is 16.9 Å². The quantitative estimate of drug-likeness (QED) is 0.467. The Bertz CT molecular complexity index is 1370. The lowest BCUT2D eigenvalue weighted by molar-refractivity contribution is 0.0651. The number of furan rings is 1. The predicted molar refractivity (Wildman–Crippen MR) is 114 cm³/mol. The van der Waals surface area contributed by atoms with E-state index in [0.717, 1.165) is 35.2 Å². The molecule has 0 bridgehead atoms. The Labute approximate surface area is 182 Å². The number of nitrogens with zero attached hydrogens (tertiary/aromatic N) is 5. The van der Waals surface area contributed by atoms with Crippen molar-refractivity contribution in [2.24, 2.45) is 0 Å². The first-order valence-electron chi connectivity index (χ1n) is 10.3. The minimum atomic E-state index is -0.510. The fraction of sp³-hybridized carbons (Fsp3) is 0.174. The number of aryl methyl sites for hydroxylation is 1. The van der Waals surface area contributed by atoms with Crippen molar-refractivity contribution in [2.45, 2.75) is 18.9 Å². The van der Waals surface area contributed by atoms with E-state index in [1.54, 1.807) is 29.6 Å². The number of rotatable bonds is 3. The van der Waals surface area contributed by atoms with Crippen molar-refractivity contribution in [1.29, 1.82) is 0 Å². The Morgan fingerprint density at radius 1 is 1.06 bits per heavy atom. The molecule has 9 heteroatoms. The lowest BCUT2D eigenvalue weighted by Gasteiger charge is -2.26. The summed E-state index contributed by atoms with van der Waals surface area (Å²) >= 11 is 0. The molecule has 1 aliphatic rings. The van der Waals surface area contributed by atoms with Gasteiger partial charge in [-0.3, -0.25) is 9.78 Å². The highest BCUT2D eigenvalue weighted by molar-refractivity contribution is 5.90. The second-order valence-corrected chi connectivity index (χ2v) is 7.58. The van der Waals surface area contributed by atoms with Gasteiger partial charge in [-0.05, 0) is 37.1 Å². The summed E-state index contributed by atoms with van der Waals surface area (Å²) in [4.78, 5) is 27.2. The van der Waals surface area contributed by atoms with Crippen LogP contribution in [0.1, 0.15) is 40.3 Å². The summed E-state index contributed by atoms with van der Waals surface area (Å²) in [6, 6.07) is 14.6. The van der Waals surface area contributed by atoms with Crippen LogP contribution in [0.2, 0.25) is 0 Å². The Kier molecular flexibility index (Phi) is 4.31. The van der Waals surface area contributed by atoms with Crippen LogP contribution in [0, 0.1) is 0 Å². The molecule has 0 saturated carbocycles. The second kappa shape index (κ2) is 7.45. The second-order valence-electron chi connectivity index (χ2n) is 7.58. The molecule has 9 nitrogen and oxygen atoms in total. The highest BCUT2D eigenvalue weighted by atomic mass is 16.4. The molecule has 4 aromatic heterocycles. The van der Waals surface area contributed by atoms with Crippen LogP contribution in [-0.2, 0) is 6.42 Å². The summed E-state index contributed by atoms with van der Waals surface area (Å²) in [5.74, 6) is 0.371. The number of carbonyl (C=O) groups excluding carboxylic acids is 1. The van der Waals surface area contributed by atoms with Gasteiger partial charge in [0.25, 0.3) is 5.89 Å². The van der Waals surface area contributed by atoms with Crippen molar-refractivity contribution in [3.8, 4) is 11.6 Å². The molecular weight excluding hydrogens is 408 g/mol. The molecule has 1 aromatic carbocycles. The van der Waals surface area contributed by atoms with Crippen molar-refractivity contribution in [2.75, 3.05) is 6.54 Å². The molecule has 0 aliphatic carbocycles. The molecule has 5 heterocycles. The number of amides is 1. The van der Waals surface area contributed by atoms with Crippen molar-refractivity contribution < 1.29 is 13.6 Å². The van der Waals surface area contributed by atoms with Gasteiger partial charge >= 0.3 is 11.8 Å². The third kappa shape index (κ3) is 3.06. The third-order valence-corrected chi connectivity index (χ3v) is 5.61. The first-order valence-corrected chi connectivity index (χ1v) is 10.3. The van der Waals surface area contributed by atoms with Gasteiger partial charge in [-0.1, -0.05) is 24.3 Å². The molecule has 0 spiro atoms. The van der Waals surface area contributed by atoms with Crippen LogP contribution in [0.25, 0.3) is 22.6 Å². The molecule has 0 unspecified atom stereocenters. The van der Waals surface area contributed by atoms with Gasteiger partial charge in [0.2, 0.25) is 0 Å². The van der Waals surface area contributed by atoms with E-state index in [0.29, 0.717) is 18.0 Å². The van der Waals surface area contributed by atoms with Gasteiger partial charge in [0, 0.05) is 23.8 Å². The number of benzene rings is 1. The number of imidazole rings is 1. The van der Waals surface area contributed by atoms with Crippen molar-refractivity contribution in [3.05, 3.63) is 84.1 Å². The zero-order chi connectivity index (χ0) is 21.5. The van der Waals surface area contributed by atoms with E-state index in [9.17, 15) is 4.79 Å². The minimum Gasteiger partial charge on any atom is -0.458 e. The number of para-hydroxylation sites is 1. The normalized spacial score (nSPS) is 16.1. The van der Waals surface area contributed by atoms with Crippen molar-refractivity contribution in [1.82, 2.24) is 30.0 Å². The zero-order valence-electron chi connectivity index (χ0n) is 16.9. The molecule has 1 atom stereocenters. The van der Waals surface area contributed by atoms with Crippen LogP contribution in [0.5, 0.6) is 0 Å². The number of pyridine rings is 1. The van der Waals surface area contributed by atoms with Crippen LogP contribution in [-0.4, -0.2) is 42.5 Å².